The smallest absolute Gasteiger partial charge is 0.164 e. The highest BCUT2D eigenvalue weighted by Crippen LogP contribution is 2.43. The molecule has 0 radical (unpaired) electrons. The lowest BCUT2D eigenvalue weighted by Crippen LogP contribution is -2.00. The van der Waals surface area contributed by atoms with Crippen molar-refractivity contribution in [1.82, 2.24) is 15.0 Å². The van der Waals surface area contributed by atoms with Crippen molar-refractivity contribution in [2.75, 3.05) is 0 Å². The number of thiophene rings is 1. The van der Waals surface area contributed by atoms with Crippen molar-refractivity contribution in [3.8, 4) is 56.4 Å². The number of hydrogen-bond acceptors (Lipinski definition) is 5. The summed E-state index contributed by atoms with van der Waals surface area (Å²) in [5.74, 6) is 0.832. The van der Waals surface area contributed by atoms with E-state index in [0.717, 1.165) is 38.6 Å². The summed E-state index contributed by atoms with van der Waals surface area (Å²) in [6.45, 7) is 0. The topological polar surface area (TPSA) is 51.8 Å². The summed E-state index contributed by atoms with van der Waals surface area (Å²) >= 11 is 1.33. The number of rotatable bonds is 5. The molecular formula is C49H29N3OS. The van der Waals surface area contributed by atoms with E-state index in [1.54, 1.807) is 12.1 Å². The van der Waals surface area contributed by atoms with Gasteiger partial charge in [-0.15, -0.1) is 11.3 Å². The first kappa shape index (κ1) is 25.1. The quantitative estimate of drug-likeness (QED) is 0.178. The van der Waals surface area contributed by atoms with Crippen LogP contribution in [0.2, 0.25) is 0 Å². The minimum Gasteiger partial charge on any atom is -0.456 e. The molecule has 11 aromatic rings. The van der Waals surface area contributed by atoms with Gasteiger partial charge in [-0.25, -0.2) is 15.0 Å². The van der Waals surface area contributed by atoms with Crippen molar-refractivity contribution in [3.63, 3.8) is 0 Å². The van der Waals surface area contributed by atoms with E-state index in [4.69, 9.17) is 24.9 Å². The third-order valence-electron chi connectivity index (χ3n) is 9.89. The minimum atomic E-state index is -0.172. The summed E-state index contributed by atoms with van der Waals surface area (Å²) in [4.78, 5) is 15.1. The van der Waals surface area contributed by atoms with Crippen LogP contribution in [0.15, 0.2) is 180 Å². The van der Waals surface area contributed by atoms with E-state index in [-0.39, 0.29) is 53.0 Å². The Bertz CT molecular complexity index is 3550. The molecule has 0 saturated heterocycles. The Kier molecular flexibility index (Phi) is 5.73. The van der Waals surface area contributed by atoms with E-state index in [1.165, 1.54) is 17.4 Å². The second-order valence-corrected chi connectivity index (χ2v) is 14.1. The van der Waals surface area contributed by atoms with E-state index in [1.807, 2.05) is 103 Å². The van der Waals surface area contributed by atoms with E-state index in [9.17, 15) is 2.74 Å². The summed E-state index contributed by atoms with van der Waals surface area (Å²) in [5, 5.41) is 3.65. The first-order valence-electron chi connectivity index (χ1n) is 20.5. The molecule has 4 nitrogen and oxygen atoms in total. The fourth-order valence-electron chi connectivity index (χ4n) is 7.33. The molecule has 0 saturated carbocycles. The van der Waals surface area contributed by atoms with E-state index in [0.29, 0.717) is 53.9 Å². The van der Waals surface area contributed by atoms with Crippen LogP contribution < -0.4 is 0 Å². The molecule has 11 rings (SSSR count). The third kappa shape index (κ3) is 5.01. The summed E-state index contributed by atoms with van der Waals surface area (Å²) in [5.41, 5.74) is 7.26. The molecule has 8 aromatic carbocycles. The van der Waals surface area contributed by atoms with Gasteiger partial charge in [-0.05, 0) is 57.3 Å². The van der Waals surface area contributed by atoms with Gasteiger partial charge in [0.25, 0.3) is 0 Å². The predicted molar refractivity (Wildman–Crippen MR) is 225 cm³/mol. The van der Waals surface area contributed by atoms with Gasteiger partial charge in [-0.2, -0.15) is 0 Å². The third-order valence-corrected chi connectivity index (χ3v) is 11.1. The van der Waals surface area contributed by atoms with Crippen molar-refractivity contribution >= 4 is 64.2 Å². The second kappa shape index (κ2) is 12.3. The maximum absolute atomic E-state index is 9.35. The van der Waals surface area contributed by atoms with Gasteiger partial charge < -0.3 is 4.42 Å². The summed E-state index contributed by atoms with van der Waals surface area (Å²) < 4.78 is 61.1. The van der Waals surface area contributed by atoms with E-state index in [2.05, 4.69) is 18.2 Å². The molecule has 3 aromatic heterocycles. The fraction of sp³-hybridized carbons (Fsp3) is 0. The number of benzene rings is 8. The maximum Gasteiger partial charge on any atom is 0.164 e. The number of aromatic nitrogens is 3. The van der Waals surface area contributed by atoms with Crippen LogP contribution in [-0.2, 0) is 0 Å². The zero-order valence-electron chi connectivity index (χ0n) is 34.4. The number of hydrogen-bond donors (Lipinski definition) is 0. The molecule has 54 heavy (non-hydrogen) atoms. The van der Waals surface area contributed by atoms with Crippen LogP contribution in [-0.4, -0.2) is 15.0 Å². The molecule has 0 fully saturated rings. The van der Waals surface area contributed by atoms with Crippen LogP contribution in [0.25, 0.3) is 109 Å². The van der Waals surface area contributed by atoms with Crippen LogP contribution in [0.1, 0.15) is 8.22 Å². The molecule has 0 bridgehead atoms. The molecule has 0 unspecified atom stereocenters. The van der Waals surface area contributed by atoms with E-state index < -0.39 is 0 Å². The van der Waals surface area contributed by atoms with Gasteiger partial charge in [-0.1, -0.05) is 152 Å². The molecule has 0 aliphatic heterocycles. The molecular weight excluding hydrogens is 679 g/mol. The van der Waals surface area contributed by atoms with Gasteiger partial charge in [0.05, 0.1) is 8.22 Å². The first-order valence-corrected chi connectivity index (χ1v) is 18.3. The molecule has 0 aliphatic rings. The number of fused-ring (bicyclic) bond motifs is 8. The van der Waals surface area contributed by atoms with Crippen molar-refractivity contribution in [1.29, 1.82) is 0 Å². The SMILES string of the molecule is [2H]c1cc2sc3c4ccc([2H])c([2H])c4c([2H])c([2H])c3c2c(-c2nc(-c3ccc(-c4ccccc4)cc3)nc(-c3ccc4c(c3)oc3cccc(-c5ccccc5)c34)n2)c1[2H]. The Morgan fingerprint density at radius 1 is 0.444 bits per heavy atom. The molecule has 0 aliphatic carbocycles. The van der Waals surface area contributed by atoms with Gasteiger partial charge in [0.2, 0.25) is 0 Å². The van der Waals surface area contributed by atoms with Gasteiger partial charge in [0.1, 0.15) is 11.2 Å². The fourth-order valence-corrected chi connectivity index (χ4v) is 8.50. The zero-order chi connectivity index (χ0) is 40.8. The monoisotopic (exact) mass is 713 g/mol. The van der Waals surface area contributed by atoms with Gasteiger partial charge >= 0.3 is 0 Å². The molecule has 0 N–H and O–H groups in total. The largest absolute Gasteiger partial charge is 0.456 e. The molecule has 252 valence electrons. The van der Waals surface area contributed by atoms with Gasteiger partial charge in [-0.3, -0.25) is 0 Å². The number of furan rings is 1. The van der Waals surface area contributed by atoms with Crippen molar-refractivity contribution < 1.29 is 12.6 Å². The highest BCUT2D eigenvalue weighted by atomic mass is 32.1. The zero-order valence-corrected chi connectivity index (χ0v) is 29.3. The standard InChI is InChI=1S/C49H29N3OS/c1-3-11-30(12-4-1)31-21-23-34(24-22-31)47-50-48(35-26-27-38-42(29-35)53-41-19-9-17-36(44(38)41)32-13-5-2-6-14-32)52-49(51-47)40-18-10-20-43-45(40)39-28-25-33-15-7-8-16-37(33)46(39)54-43/h1-29H/i7D,10D,15D,18D,25D,28D. The first-order chi connectivity index (χ1) is 29.2. The molecule has 0 atom stereocenters. The Morgan fingerprint density at radius 2 is 1.17 bits per heavy atom. The number of nitrogens with zero attached hydrogens (tertiary/aromatic N) is 3. The normalized spacial score (nSPS) is 13.3. The van der Waals surface area contributed by atoms with Crippen molar-refractivity contribution in [2.24, 2.45) is 0 Å². The van der Waals surface area contributed by atoms with Crippen LogP contribution in [0, 0.1) is 0 Å². The van der Waals surface area contributed by atoms with Crippen LogP contribution in [0.4, 0.5) is 0 Å². The molecule has 0 spiro atoms. The van der Waals surface area contributed by atoms with Crippen molar-refractivity contribution in [2.45, 2.75) is 0 Å². The average molecular weight is 714 g/mol. The summed E-state index contributed by atoms with van der Waals surface area (Å²) in [6, 6.07) is 44.4. The van der Waals surface area contributed by atoms with Crippen LogP contribution >= 0.6 is 11.3 Å². The van der Waals surface area contributed by atoms with Crippen LogP contribution in [0.3, 0.4) is 0 Å². The maximum atomic E-state index is 9.35. The summed E-state index contributed by atoms with van der Waals surface area (Å²) in [7, 11) is 0. The lowest BCUT2D eigenvalue weighted by Gasteiger charge is -2.10. The van der Waals surface area contributed by atoms with Gasteiger partial charge in [0, 0.05) is 47.6 Å². The average Bonchev–Trinajstić information content (AvgIpc) is 3.85. The van der Waals surface area contributed by atoms with E-state index >= 15 is 0 Å². The molecule has 0 amide bonds. The highest BCUT2D eigenvalue weighted by molar-refractivity contribution is 7.26. The Balaban J connectivity index is 1.17. The lowest BCUT2D eigenvalue weighted by molar-refractivity contribution is 0.669. The van der Waals surface area contributed by atoms with Crippen molar-refractivity contribution in [3.05, 3.63) is 176 Å². The highest BCUT2D eigenvalue weighted by Gasteiger charge is 2.19. The Morgan fingerprint density at radius 3 is 2.00 bits per heavy atom. The molecule has 5 heteroatoms. The Labute approximate surface area is 323 Å². The van der Waals surface area contributed by atoms with Gasteiger partial charge in [0.15, 0.2) is 17.5 Å². The minimum absolute atomic E-state index is 0.0297. The lowest BCUT2D eigenvalue weighted by atomic mass is 9.99. The molecule has 3 heterocycles. The van der Waals surface area contributed by atoms with Crippen LogP contribution in [0.5, 0.6) is 0 Å². The second-order valence-electron chi connectivity index (χ2n) is 13.1. The predicted octanol–water partition coefficient (Wildman–Crippen LogP) is 13.6. The Hall–Kier alpha value is -6.95. The summed E-state index contributed by atoms with van der Waals surface area (Å²) in [6.07, 6.45) is 0.